The quantitative estimate of drug-likeness (QED) is 0.232. The van der Waals surface area contributed by atoms with Crippen LogP contribution in [0.1, 0.15) is 10.4 Å². The van der Waals surface area contributed by atoms with Crippen LogP contribution in [0.4, 0.5) is 23.4 Å². The fraction of sp³-hybridized carbons (Fsp3) is 0.0500. The predicted octanol–water partition coefficient (Wildman–Crippen LogP) is 2.78. The van der Waals surface area contributed by atoms with Gasteiger partial charge >= 0.3 is 5.97 Å². The number of rotatable bonds is 7. The number of carbonyl (C=O) groups is 1. The highest BCUT2D eigenvalue weighted by atomic mass is 32.2. The third-order valence-corrected chi connectivity index (χ3v) is 5.24. The standard InChI is InChI=1S/C20H17N7O5S/c1-32-18(28)13-7-5-12(6-8-13)16-10-17(27-26-16)24-20-22-11-21-19(25-20)23-14-3-2-4-15(9-14)33(29,30)31/h2-11H,1H3,(H,29,30,31)(H3,21,22,23,24,25,26,27). The molecule has 0 saturated carbocycles. The first-order chi connectivity index (χ1) is 15.8. The van der Waals surface area contributed by atoms with E-state index in [2.05, 4.69) is 40.5 Å². The second-order valence-electron chi connectivity index (χ2n) is 6.62. The van der Waals surface area contributed by atoms with Gasteiger partial charge in [0, 0.05) is 11.8 Å². The maximum Gasteiger partial charge on any atom is 0.337 e. The smallest absolute Gasteiger partial charge is 0.337 e. The zero-order valence-corrected chi connectivity index (χ0v) is 17.9. The molecule has 2 aromatic heterocycles. The molecular weight excluding hydrogens is 450 g/mol. The number of nitrogens with one attached hydrogen (secondary N) is 3. The molecule has 13 heteroatoms. The maximum absolute atomic E-state index is 11.6. The van der Waals surface area contributed by atoms with E-state index >= 15 is 0 Å². The van der Waals surface area contributed by atoms with Crippen molar-refractivity contribution in [1.82, 2.24) is 25.1 Å². The Labute approximate surface area is 187 Å². The van der Waals surface area contributed by atoms with Crippen LogP contribution in [0.5, 0.6) is 0 Å². The van der Waals surface area contributed by atoms with E-state index in [1.165, 1.54) is 31.6 Å². The summed E-state index contributed by atoms with van der Waals surface area (Å²) in [6.45, 7) is 0. The van der Waals surface area contributed by atoms with Gasteiger partial charge in [0.25, 0.3) is 10.1 Å². The first-order valence-electron chi connectivity index (χ1n) is 9.36. The van der Waals surface area contributed by atoms with Gasteiger partial charge in [0.1, 0.15) is 6.33 Å². The molecule has 4 N–H and O–H groups in total. The van der Waals surface area contributed by atoms with Crippen LogP contribution < -0.4 is 10.6 Å². The van der Waals surface area contributed by atoms with Crippen LogP contribution in [-0.4, -0.2) is 51.2 Å². The van der Waals surface area contributed by atoms with Crippen molar-refractivity contribution in [2.24, 2.45) is 0 Å². The minimum absolute atomic E-state index is 0.147. The zero-order chi connectivity index (χ0) is 23.4. The lowest BCUT2D eigenvalue weighted by atomic mass is 10.1. The summed E-state index contributed by atoms with van der Waals surface area (Å²) < 4.78 is 36.5. The number of carbonyl (C=O) groups excluding carboxylic acids is 1. The fourth-order valence-electron chi connectivity index (χ4n) is 2.83. The third kappa shape index (κ3) is 5.28. The highest BCUT2D eigenvalue weighted by molar-refractivity contribution is 7.85. The molecule has 4 rings (SSSR count). The summed E-state index contributed by atoms with van der Waals surface area (Å²) in [5.41, 5.74) is 2.30. The van der Waals surface area contributed by atoms with Gasteiger partial charge in [-0.3, -0.25) is 9.65 Å². The minimum atomic E-state index is -4.34. The number of nitrogens with zero attached hydrogens (tertiary/aromatic N) is 4. The molecule has 0 bridgehead atoms. The molecule has 0 atom stereocenters. The molecule has 0 aliphatic carbocycles. The van der Waals surface area contributed by atoms with Gasteiger partial charge in [-0.05, 0) is 35.9 Å². The first-order valence-corrected chi connectivity index (χ1v) is 10.8. The maximum atomic E-state index is 11.6. The number of ether oxygens (including phenoxy) is 1. The summed E-state index contributed by atoms with van der Waals surface area (Å²) in [7, 11) is -3.01. The molecule has 0 aliphatic heterocycles. The van der Waals surface area contributed by atoms with Crippen LogP contribution in [0.25, 0.3) is 11.3 Å². The topological polar surface area (TPSA) is 172 Å². The van der Waals surface area contributed by atoms with Crippen molar-refractivity contribution in [3.05, 3.63) is 66.5 Å². The SMILES string of the molecule is COC(=O)c1ccc(-c2cc(Nc3ncnc(Nc4cccc(S(=O)(=O)O)c4)n3)n[nH]2)cc1. The number of hydrogen-bond donors (Lipinski definition) is 4. The van der Waals surface area contributed by atoms with Crippen LogP contribution in [0.3, 0.4) is 0 Å². The Morgan fingerprint density at radius 1 is 1.03 bits per heavy atom. The van der Waals surface area contributed by atoms with Crippen molar-refractivity contribution < 1.29 is 22.5 Å². The summed E-state index contributed by atoms with van der Waals surface area (Å²) in [5.74, 6) is 0.358. The van der Waals surface area contributed by atoms with E-state index in [1.807, 2.05) is 0 Å². The predicted molar refractivity (Wildman–Crippen MR) is 118 cm³/mol. The number of benzene rings is 2. The molecule has 0 amide bonds. The minimum Gasteiger partial charge on any atom is -0.465 e. The monoisotopic (exact) mass is 467 g/mol. The van der Waals surface area contributed by atoms with Gasteiger partial charge in [0.2, 0.25) is 11.9 Å². The average Bonchev–Trinajstić information content (AvgIpc) is 3.27. The van der Waals surface area contributed by atoms with Gasteiger partial charge in [0.05, 0.1) is 23.3 Å². The first kappa shape index (κ1) is 21.9. The number of esters is 1. The Bertz CT molecular complexity index is 1400. The van der Waals surface area contributed by atoms with Crippen LogP contribution in [0, 0.1) is 0 Å². The van der Waals surface area contributed by atoms with Gasteiger partial charge in [-0.25, -0.2) is 14.8 Å². The summed E-state index contributed by atoms with van der Waals surface area (Å²) in [5, 5.41) is 12.8. The Morgan fingerprint density at radius 2 is 1.76 bits per heavy atom. The molecule has 168 valence electrons. The lowest BCUT2D eigenvalue weighted by Crippen LogP contribution is -2.04. The largest absolute Gasteiger partial charge is 0.465 e. The molecule has 0 unspecified atom stereocenters. The molecule has 0 fully saturated rings. The number of aromatic amines is 1. The van der Waals surface area contributed by atoms with Crippen LogP contribution in [-0.2, 0) is 14.9 Å². The van der Waals surface area contributed by atoms with Crippen LogP contribution in [0.2, 0.25) is 0 Å². The normalized spacial score (nSPS) is 11.1. The number of hydrogen-bond acceptors (Lipinski definition) is 10. The summed E-state index contributed by atoms with van der Waals surface area (Å²) in [6.07, 6.45) is 1.27. The Kier molecular flexibility index (Phi) is 5.97. The Hall–Kier alpha value is -4.36. The summed E-state index contributed by atoms with van der Waals surface area (Å²) in [6, 6.07) is 14.1. The summed E-state index contributed by atoms with van der Waals surface area (Å²) >= 11 is 0. The highest BCUT2D eigenvalue weighted by Gasteiger charge is 2.11. The van der Waals surface area contributed by atoms with Gasteiger partial charge in [0.15, 0.2) is 5.82 Å². The van der Waals surface area contributed by atoms with E-state index in [0.29, 0.717) is 22.8 Å². The molecule has 33 heavy (non-hydrogen) atoms. The van der Waals surface area contributed by atoms with E-state index in [9.17, 15) is 17.8 Å². The van der Waals surface area contributed by atoms with Crippen molar-refractivity contribution in [3.8, 4) is 11.3 Å². The number of H-pyrrole nitrogens is 1. The molecule has 12 nitrogen and oxygen atoms in total. The number of anilines is 4. The molecule has 2 aromatic carbocycles. The van der Waals surface area contributed by atoms with Crippen molar-refractivity contribution in [3.63, 3.8) is 0 Å². The van der Waals surface area contributed by atoms with E-state index in [0.717, 1.165) is 5.56 Å². The van der Waals surface area contributed by atoms with Crippen LogP contribution in [0.15, 0.2) is 65.8 Å². The molecule has 0 spiro atoms. The second kappa shape index (κ2) is 9.02. The van der Waals surface area contributed by atoms with Gasteiger partial charge in [-0.2, -0.15) is 18.5 Å². The lowest BCUT2D eigenvalue weighted by Gasteiger charge is -2.07. The molecule has 0 radical (unpaired) electrons. The van der Waals surface area contributed by atoms with Gasteiger partial charge in [-0.15, -0.1) is 0 Å². The lowest BCUT2D eigenvalue weighted by molar-refractivity contribution is 0.0600. The van der Waals surface area contributed by atoms with E-state index in [-0.39, 0.29) is 16.8 Å². The van der Waals surface area contributed by atoms with Crippen molar-refractivity contribution >= 4 is 39.5 Å². The third-order valence-electron chi connectivity index (χ3n) is 4.39. The van der Waals surface area contributed by atoms with E-state index in [1.54, 1.807) is 36.4 Å². The van der Waals surface area contributed by atoms with E-state index < -0.39 is 16.1 Å². The van der Waals surface area contributed by atoms with Crippen molar-refractivity contribution in [2.75, 3.05) is 17.7 Å². The Balaban J connectivity index is 1.47. The number of methoxy groups -OCH3 is 1. The molecule has 0 aliphatic rings. The van der Waals surface area contributed by atoms with Crippen molar-refractivity contribution in [2.45, 2.75) is 4.90 Å². The summed E-state index contributed by atoms with van der Waals surface area (Å²) in [4.78, 5) is 23.6. The zero-order valence-electron chi connectivity index (χ0n) is 17.1. The van der Waals surface area contributed by atoms with Crippen molar-refractivity contribution in [1.29, 1.82) is 0 Å². The second-order valence-corrected chi connectivity index (χ2v) is 8.04. The highest BCUT2D eigenvalue weighted by Crippen LogP contribution is 2.22. The Morgan fingerprint density at radius 3 is 2.45 bits per heavy atom. The molecule has 2 heterocycles. The van der Waals surface area contributed by atoms with E-state index in [4.69, 9.17) is 0 Å². The van der Waals surface area contributed by atoms with Gasteiger partial charge < -0.3 is 15.4 Å². The molecule has 0 saturated heterocycles. The molecule has 4 aromatic rings. The van der Waals surface area contributed by atoms with Crippen LogP contribution >= 0.6 is 0 Å². The average molecular weight is 467 g/mol. The van der Waals surface area contributed by atoms with Gasteiger partial charge in [-0.1, -0.05) is 18.2 Å². The number of aromatic nitrogens is 5. The fourth-order valence-corrected chi connectivity index (χ4v) is 3.36. The molecular formula is C20H17N7O5S.